The van der Waals surface area contributed by atoms with Crippen molar-refractivity contribution in [1.29, 1.82) is 0 Å². The zero-order chi connectivity index (χ0) is 26.1. The van der Waals surface area contributed by atoms with Crippen LogP contribution in [0.4, 0.5) is 5.69 Å². The molecule has 0 aliphatic carbocycles. The maximum Gasteiger partial charge on any atom is 0.252 e. The first-order chi connectivity index (χ1) is 18.0. The molecule has 9 heteroatoms. The average Bonchev–Trinajstić information content (AvgIpc) is 3.34. The molecule has 9 nitrogen and oxygen atoms in total. The molecule has 1 aliphatic heterocycles. The van der Waals surface area contributed by atoms with Crippen molar-refractivity contribution >= 4 is 17.5 Å². The fourth-order valence-corrected chi connectivity index (χ4v) is 4.12. The molecule has 1 amide bonds. The SMILES string of the molecule is Cc1cccc(CNC(=O)[C@@]2(Cc3ccccc3N=[N+]=[N-])COC(c3ccc(OCCCO)cc3)=N2)c1. The topological polar surface area (TPSA) is 129 Å². The van der Waals surface area contributed by atoms with Gasteiger partial charge in [0.2, 0.25) is 5.90 Å². The summed E-state index contributed by atoms with van der Waals surface area (Å²) in [4.78, 5) is 21.4. The van der Waals surface area contributed by atoms with Crippen molar-refractivity contribution in [3.8, 4) is 5.75 Å². The second-order valence-corrected chi connectivity index (χ2v) is 8.85. The molecule has 2 N–H and O–H groups in total. The highest BCUT2D eigenvalue weighted by Crippen LogP contribution is 2.31. The highest BCUT2D eigenvalue weighted by molar-refractivity contribution is 6.00. The number of aliphatic hydroxyl groups is 1. The molecule has 0 unspecified atom stereocenters. The Morgan fingerprint density at radius 2 is 2.00 bits per heavy atom. The summed E-state index contributed by atoms with van der Waals surface area (Å²) < 4.78 is 11.6. The number of aliphatic hydroxyl groups excluding tert-OH is 1. The number of nitrogens with zero attached hydrogens (tertiary/aromatic N) is 4. The lowest BCUT2D eigenvalue weighted by molar-refractivity contribution is -0.126. The van der Waals surface area contributed by atoms with E-state index >= 15 is 0 Å². The van der Waals surface area contributed by atoms with Crippen LogP contribution in [-0.4, -0.2) is 42.3 Å². The van der Waals surface area contributed by atoms with Gasteiger partial charge in [-0.1, -0.05) is 59.2 Å². The summed E-state index contributed by atoms with van der Waals surface area (Å²) in [6, 6.07) is 22.3. The number of aryl methyl sites for hydroxylation is 1. The number of azide groups is 1. The van der Waals surface area contributed by atoms with E-state index in [1.165, 1.54) is 0 Å². The van der Waals surface area contributed by atoms with Gasteiger partial charge in [0.15, 0.2) is 5.54 Å². The van der Waals surface area contributed by atoms with Crippen LogP contribution in [0.5, 0.6) is 5.75 Å². The molecule has 0 aromatic heterocycles. The average molecular weight is 500 g/mol. The third kappa shape index (κ3) is 6.46. The van der Waals surface area contributed by atoms with Gasteiger partial charge in [0, 0.05) is 42.2 Å². The van der Waals surface area contributed by atoms with Crippen LogP contribution >= 0.6 is 0 Å². The van der Waals surface area contributed by atoms with E-state index in [9.17, 15) is 4.79 Å². The second-order valence-electron chi connectivity index (χ2n) is 8.85. The van der Waals surface area contributed by atoms with Crippen LogP contribution in [-0.2, 0) is 22.5 Å². The Morgan fingerprint density at radius 1 is 1.19 bits per heavy atom. The molecule has 0 saturated carbocycles. The summed E-state index contributed by atoms with van der Waals surface area (Å²) in [7, 11) is 0. The Hall–Kier alpha value is -4.33. The van der Waals surface area contributed by atoms with Crippen molar-refractivity contribution in [1.82, 2.24) is 5.32 Å². The third-order valence-corrected chi connectivity index (χ3v) is 6.02. The minimum absolute atomic E-state index is 0.0430. The predicted octanol–water partition coefficient (Wildman–Crippen LogP) is 4.77. The number of amides is 1. The number of carbonyl (C=O) groups is 1. The number of carbonyl (C=O) groups excluding carboxylic acids is 1. The van der Waals surface area contributed by atoms with E-state index in [0.29, 0.717) is 48.0 Å². The van der Waals surface area contributed by atoms with Crippen molar-refractivity contribution in [2.45, 2.75) is 31.8 Å². The van der Waals surface area contributed by atoms with Gasteiger partial charge in [0.25, 0.3) is 5.91 Å². The molecular formula is C28H29N5O4. The van der Waals surface area contributed by atoms with E-state index in [-0.39, 0.29) is 25.5 Å². The van der Waals surface area contributed by atoms with Crippen LogP contribution in [0.1, 0.15) is 28.7 Å². The Kier molecular flexibility index (Phi) is 8.40. The van der Waals surface area contributed by atoms with Crippen molar-refractivity contribution in [2.75, 3.05) is 19.8 Å². The lowest BCUT2D eigenvalue weighted by Gasteiger charge is -2.24. The molecule has 3 aromatic rings. The predicted molar refractivity (Wildman–Crippen MR) is 141 cm³/mol. The maximum absolute atomic E-state index is 13.6. The number of nitrogens with one attached hydrogen (secondary N) is 1. The smallest absolute Gasteiger partial charge is 0.252 e. The molecule has 0 fully saturated rings. The van der Waals surface area contributed by atoms with Gasteiger partial charge in [-0.2, -0.15) is 0 Å². The van der Waals surface area contributed by atoms with Gasteiger partial charge < -0.3 is 19.9 Å². The van der Waals surface area contributed by atoms with Gasteiger partial charge >= 0.3 is 0 Å². The molecule has 37 heavy (non-hydrogen) atoms. The van der Waals surface area contributed by atoms with Crippen LogP contribution in [0.25, 0.3) is 10.4 Å². The van der Waals surface area contributed by atoms with E-state index in [1.807, 2.05) is 55.5 Å². The first kappa shape index (κ1) is 25.8. The van der Waals surface area contributed by atoms with E-state index < -0.39 is 5.54 Å². The number of hydrogen-bond acceptors (Lipinski definition) is 6. The number of aliphatic imine (C=N–C) groups is 1. The summed E-state index contributed by atoms with van der Waals surface area (Å²) in [5.74, 6) is 0.749. The first-order valence-corrected chi connectivity index (χ1v) is 12.1. The molecule has 0 spiro atoms. The summed E-state index contributed by atoms with van der Waals surface area (Å²) in [6.07, 6.45) is 0.753. The quantitative estimate of drug-likeness (QED) is 0.170. The Morgan fingerprint density at radius 3 is 2.76 bits per heavy atom. The highest BCUT2D eigenvalue weighted by Gasteiger charge is 2.44. The van der Waals surface area contributed by atoms with Gasteiger partial charge in [-0.25, -0.2) is 4.99 Å². The normalized spacial score (nSPS) is 16.3. The standard InChI is InChI=1S/C28H29N5O4/c1-20-6-4-7-21(16-20)18-30-27(35)28(17-23-8-2-3-9-25(23)32-33-29)19-37-26(31-28)22-10-12-24(13-11-22)36-15-5-14-34/h2-4,6-13,16,34H,5,14-15,17-19H2,1H3,(H,30,35)/t28-/m1/s1. The molecule has 190 valence electrons. The van der Waals surface area contributed by atoms with E-state index in [4.69, 9.17) is 25.1 Å². The van der Waals surface area contributed by atoms with Crippen molar-refractivity contribution in [3.05, 3.63) is 105 Å². The number of ether oxygens (including phenoxy) is 2. The van der Waals surface area contributed by atoms with E-state index in [2.05, 4.69) is 15.3 Å². The van der Waals surface area contributed by atoms with Crippen molar-refractivity contribution in [2.24, 2.45) is 10.1 Å². The van der Waals surface area contributed by atoms with Crippen molar-refractivity contribution in [3.63, 3.8) is 0 Å². The second kappa shape index (κ2) is 12.1. The molecule has 0 bridgehead atoms. The molecule has 0 saturated heterocycles. The van der Waals surface area contributed by atoms with Gasteiger partial charge in [0.05, 0.1) is 6.61 Å². The molecule has 0 radical (unpaired) electrons. The molecule has 3 aromatic carbocycles. The summed E-state index contributed by atoms with van der Waals surface area (Å²) >= 11 is 0. The summed E-state index contributed by atoms with van der Waals surface area (Å²) in [5, 5.41) is 15.7. The Labute approximate surface area is 215 Å². The summed E-state index contributed by atoms with van der Waals surface area (Å²) in [5.41, 5.74) is 11.7. The van der Waals surface area contributed by atoms with Crippen LogP contribution in [0.15, 0.2) is 82.9 Å². The number of benzene rings is 3. The first-order valence-electron chi connectivity index (χ1n) is 12.1. The monoisotopic (exact) mass is 499 g/mol. The number of hydrogen-bond donors (Lipinski definition) is 2. The van der Waals surface area contributed by atoms with Crippen molar-refractivity contribution < 1.29 is 19.4 Å². The molecular weight excluding hydrogens is 470 g/mol. The van der Waals surface area contributed by atoms with E-state index in [0.717, 1.165) is 11.1 Å². The molecule has 1 atom stereocenters. The lowest BCUT2D eigenvalue weighted by Crippen LogP contribution is -2.48. The van der Waals surface area contributed by atoms with Crippen LogP contribution in [0.3, 0.4) is 0 Å². The van der Waals surface area contributed by atoms with Crippen LogP contribution in [0, 0.1) is 6.92 Å². The molecule has 4 rings (SSSR count). The van der Waals surface area contributed by atoms with Crippen LogP contribution in [0.2, 0.25) is 0 Å². The van der Waals surface area contributed by atoms with Gasteiger partial charge in [0.1, 0.15) is 12.4 Å². The van der Waals surface area contributed by atoms with E-state index in [1.54, 1.807) is 24.3 Å². The fourth-order valence-electron chi connectivity index (χ4n) is 4.12. The molecule has 1 heterocycles. The highest BCUT2D eigenvalue weighted by atomic mass is 16.5. The zero-order valence-corrected chi connectivity index (χ0v) is 20.6. The maximum atomic E-state index is 13.6. The van der Waals surface area contributed by atoms with Crippen LogP contribution < -0.4 is 10.1 Å². The largest absolute Gasteiger partial charge is 0.494 e. The lowest BCUT2D eigenvalue weighted by atomic mass is 9.90. The van der Waals surface area contributed by atoms with Gasteiger partial charge in [-0.3, -0.25) is 4.79 Å². The zero-order valence-electron chi connectivity index (χ0n) is 20.6. The molecule has 1 aliphatic rings. The minimum atomic E-state index is -1.24. The Balaban J connectivity index is 1.61. The number of rotatable bonds is 11. The summed E-state index contributed by atoms with van der Waals surface area (Å²) in [6.45, 7) is 2.89. The van der Waals surface area contributed by atoms with Gasteiger partial charge in [-0.15, -0.1) is 0 Å². The van der Waals surface area contributed by atoms with Gasteiger partial charge in [-0.05, 0) is 47.8 Å². The minimum Gasteiger partial charge on any atom is -0.494 e. The Bertz CT molecular complexity index is 1320. The fraction of sp³-hybridized carbons (Fsp3) is 0.286. The third-order valence-electron chi connectivity index (χ3n) is 6.02.